The van der Waals surface area contributed by atoms with Gasteiger partial charge in [0.15, 0.2) is 11.5 Å². The first kappa shape index (κ1) is 21.8. The van der Waals surface area contributed by atoms with Crippen LogP contribution in [-0.4, -0.2) is 27.3 Å². The highest BCUT2D eigenvalue weighted by Crippen LogP contribution is 2.29. The van der Waals surface area contributed by atoms with Gasteiger partial charge in [-0.1, -0.05) is 6.07 Å². The number of carbonyl (C=O) groups excluding carboxylic acids is 1. The lowest BCUT2D eigenvalue weighted by molar-refractivity contribution is 0.0734. The molecule has 4 rings (SSSR count). The Hall–Kier alpha value is -4.46. The molecule has 0 unspecified atom stereocenters. The van der Waals surface area contributed by atoms with Gasteiger partial charge in [-0.15, -0.1) is 0 Å². The van der Waals surface area contributed by atoms with E-state index in [4.69, 9.17) is 28.1 Å². The van der Waals surface area contributed by atoms with Crippen molar-refractivity contribution in [1.29, 1.82) is 0 Å². The van der Waals surface area contributed by atoms with E-state index in [1.807, 2.05) is 0 Å². The number of hydrogen-bond donors (Lipinski definition) is 0. The maximum Gasteiger partial charge on any atom is 0.343 e. The fraction of sp³-hybridized carbons (Fsp3) is 0.120. The zero-order chi connectivity index (χ0) is 23.4. The summed E-state index contributed by atoms with van der Waals surface area (Å²) in [5, 5.41) is 0.279. The molecule has 1 heterocycles. The fourth-order valence-corrected chi connectivity index (χ4v) is 3.15. The van der Waals surface area contributed by atoms with Gasteiger partial charge < -0.3 is 28.1 Å². The predicted octanol–water partition coefficient (Wildman–Crippen LogP) is 4.83. The molecule has 0 amide bonds. The maximum atomic E-state index is 12.8. The Morgan fingerprint density at radius 2 is 1.55 bits per heavy atom. The van der Waals surface area contributed by atoms with E-state index in [1.54, 1.807) is 43.5 Å². The molecule has 8 heteroatoms. The number of hydrogen-bond acceptors (Lipinski definition) is 8. The highest BCUT2D eigenvalue weighted by atomic mass is 16.5. The van der Waals surface area contributed by atoms with Crippen molar-refractivity contribution < 1.29 is 32.9 Å². The summed E-state index contributed by atoms with van der Waals surface area (Å²) in [5.74, 6) is 1.56. The van der Waals surface area contributed by atoms with Gasteiger partial charge >= 0.3 is 5.97 Å². The van der Waals surface area contributed by atoms with E-state index in [1.165, 1.54) is 44.7 Å². The first-order valence-corrected chi connectivity index (χ1v) is 9.84. The van der Waals surface area contributed by atoms with Crippen molar-refractivity contribution in [3.63, 3.8) is 0 Å². The summed E-state index contributed by atoms with van der Waals surface area (Å²) >= 11 is 0. The fourth-order valence-electron chi connectivity index (χ4n) is 3.15. The van der Waals surface area contributed by atoms with E-state index in [0.717, 1.165) is 0 Å². The Balaban J connectivity index is 1.57. The van der Waals surface area contributed by atoms with Gasteiger partial charge in [0.25, 0.3) is 0 Å². The molecule has 1 aromatic heterocycles. The largest absolute Gasteiger partial charge is 0.497 e. The number of ether oxygens (including phenoxy) is 5. The van der Waals surface area contributed by atoms with Gasteiger partial charge in [0.05, 0.1) is 32.3 Å². The average Bonchev–Trinajstić information content (AvgIpc) is 2.85. The highest BCUT2D eigenvalue weighted by molar-refractivity contribution is 5.92. The SMILES string of the molecule is COc1cccc(Oc2coc3cc(OC(=O)c4ccc(OC)c(OC)c4)ccc3c2=O)c1. The molecule has 33 heavy (non-hydrogen) atoms. The Bertz CT molecular complexity index is 1370. The van der Waals surface area contributed by atoms with E-state index in [-0.39, 0.29) is 33.5 Å². The normalized spacial score (nSPS) is 10.5. The van der Waals surface area contributed by atoms with Gasteiger partial charge in [-0.05, 0) is 42.5 Å². The van der Waals surface area contributed by atoms with Crippen LogP contribution in [0.2, 0.25) is 0 Å². The van der Waals surface area contributed by atoms with E-state index in [2.05, 4.69) is 0 Å². The number of fused-ring (bicyclic) bond motifs is 1. The van der Waals surface area contributed by atoms with Crippen LogP contribution >= 0.6 is 0 Å². The monoisotopic (exact) mass is 448 g/mol. The number of methoxy groups -OCH3 is 3. The van der Waals surface area contributed by atoms with Crippen LogP contribution in [0.4, 0.5) is 0 Å². The lowest BCUT2D eigenvalue weighted by atomic mass is 10.2. The summed E-state index contributed by atoms with van der Waals surface area (Å²) in [5.41, 5.74) is 0.156. The van der Waals surface area contributed by atoms with Gasteiger partial charge in [-0.25, -0.2) is 4.79 Å². The van der Waals surface area contributed by atoms with Crippen molar-refractivity contribution in [3.05, 3.63) is 82.7 Å². The smallest absolute Gasteiger partial charge is 0.343 e. The van der Waals surface area contributed by atoms with Gasteiger partial charge in [0.1, 0.15) is 29.1 Å². The van der Waals surface area contributed by atoms with Crippen LogP contribution in [0.3, 0.4) is 0 Å². The minimum atomic E-state index is -0.601. The molecule has 3 aromatic carbocycles. The van der Waals surface area contributed by atoms with Gasteiger partial charge in [0.2, 0.25) is 11.2 Å². The minimum absolute atomic E-state index is 0.0193. The zero-order valence-electron chi connectivity index (χ0n) is 18.1. The third-order valence-electron chi connectivity index (χ3n) is 4.81. The first-order valence-electron chi connectivity index (χ1n) is 9.84. The summed E-state index contributed by atoms with van der Waals surface area (Å²) < 4.78 is 32.2. The number of carbonyl (C=O) groups is 1. The van der Waals surface area contributed by atoms with Gasteiger partial charge in [-0.3, -0.25) is 4.79 Å². The summed E-state index contributed by atoms with van der Waals surface area (Å²) in [7, 11) is 4.52. The molecule has 0 bridgehead atoms. The molecule has 4 aromatic rings. The van der Waals surface area contributed by atoms with Crippen molar-refractivity contribution in [2.75, 3.05) is 21.3 Å². The van der Waals surface area contributed by atoms with Crippen molar-refractivity contribution >= 4 is 16.9 Å². The van der Waals surface area contributed by atoms with Crippen LogP contribution in [0.25, 0.3) is 11.0 Å². The Morgan fingerprint density at radius 3 is 2.30 bits per heavy atom. The second-order valence-electron chi connectivity index (χ2n) is 6.83. The molecule has 0 N–H and O–H groups in total. The van der Waals surface area contributed by atoms with E-state index in [9.17, 15) is 9.59 Å². The summed E-state index contributed by atoms with van der Waals surface area (Å²) in [6, 6.07) is 16.0. The van der Waals surface area contributed by atoms with Crippen LogP contribution < -0.4 is 29.1 Å². The molecule has 0 fully saturated rings. The minimum Gasteiger partial charge on any atom is -0.497 e. The molecule has 0 aliphatic heterocycles. The molecule has 0 aliphatic carbocycles. The summed E-state index contributed by atoms with van der Waals surface area (Å²) in [6.07, 6.45) is 1.21. The lowest BCUT2D eigenvalue weighted by Crippen LogP contribution is -2.09. The second-order valence-corrected chi connectivity index (χ2v) is 6.83. The molecule has 0 spiro atoms. The first-order chi connectivity index (χ1) is 16.0. The Morgan fingerprint density at radius 1 is 0.758 bits per heavy atom. The standard InChI is InChI=1S/C25H20O8/c1-28-16-5-4-6-17(12-16)32-23-14-31-21-13-18(8-9-19(21)24(23)26)33-25(27)15-7-10-20(29-2)22(11-15)30-3/h4-14H,1-3H3. The summed E-state index contributed by atoms with van der Waals surface area (Å²) in [4.78, 5) is 25.4. The van der Waals surface area contributed by atoms with Crippen molar-refractivity contribution in [1.82, 2.24) is 0 Å². The molecule has 0 saturated carbocycles. The molecule has 0 atom stereocenters. The van der Waals surface area contributed by atoms with Gasteiger partial charge in [0, 0.05) is 12.1 Å². The predicted molar refractivity (Wildman–Crippen MR) is 120 cm³/mol. The number of esters is 1. The molecule has 8 nitrogen and oxygen atoms in total. The van der Waals surface area contributed by atoms with E-state index < -0.39 is 5.97 Å². The van der Waals surface area contributed by atoms with Crippen molar-refractivity contribution in [3.8, 4) is 34.5 Å². The number of benzene rings is 3. The number of rotatable bonds is 7. The van der Waals surface area contributed by atoms with Crippen LogP contribution in [-0.2, 0) is 0 Å². The zero-order valence-corrected chi connectivity index (χ0v) is 18.1. The highest BCUT2D eigenvalue weighted by Gasteiger charge is 2.15. The Labute approximate surface area is 188 Å². The van der Waals surface area contributed by atoms with Crippen LogP contribution in [0.1, 0.15) is 10.4 Å². The Kier molecular flexibility index (Phi) is 6.17. The molecule has 0 aliphatic rings. The van der Waals surface area contributed by atoms with Crippen LogP contribution in [0.5, 0.6) is 34.5 Å². The third kappa shape index (κ3) is 4.59. The lowest BCUT2D eigenvalue weighted by Gasteiger charge is -2.10. The maximum absolute atomic E-state index is 12.8. The molecule has 0 radical (unpaired) electrons. The topological polar surface area (TPSA) is 93.4 Å². The molecule has 0 saturated heterocycles. The molecular weight excluding hydrogens is 428 g/mol. The van der Waals surface area contributed by atoms with E-state index >= 15 is 0 Å². The average molecular weight is 448 g/mol. The van der Waals surface area contributed by atoms with Crippen LogP contribution in [0.15, 0.2) is 76.1 Å². The quantitative estimate of drug-likeness (QED) is 0.293. The van der Waals surface area contributed by atoms with Crippen molar-refractivity contribution in [2.45, 2.75) is 0 Å². The second kappa shape index (κ2) is 9.35. The van der Waals surface area contributed by atoms with Crippen LogP contribution in [0, 0.1) is 0 Å². The van der Waals surface area contributed by atoms with Gasteiger partial charge in [-0.2, -0.15) is 0 Å². The van der Waals surface area contributed by atoms with Crippen molar-refractivity contribution in [2.24, 2.45) is 0 Å². The van der Waals surface area contributed by atoms with E-state index in [0.29, 0.717) is 23.0 Å². The third-order valence-corrected chi connectivity index (χ3v) is 4.81. The molecule has 168 valence electrons. The molecular formula is C25H20O8. The summed E-state index contributed by atoms with van der Waals surface area (Å²) in [6.45, 7) is 0.